The topological polar surface area (TPSA) is 67.8 Å². The molecule has 1 heterocycles. The van der Waals surface area contributed by atoms with Crippen LogP contribution in [0.4, 0.5) is 17.1 Å². The largest absolute Gasteiger partial charge is 0.493 e. The molecule has 1 aliphatic rings. The van der Waals surface area contributed by atoms with E-state index >= 15 is 0 Å². The Morgan fingerprint density at radius 2 is 1.64 bits per heavy atom. The number of anilines is 3. The van der Waals surface area contributed by atoms with Gasteiger partial charge in [-0.1, -0.05) is 11.6 Å². The molecule has 2 aromatic rings. The van der Waals surface area contributed by atoms with Crippen molar-refractivity contribution in [3.05, 3.63) is 47.5 Å². The van der Waals surface area contributed by atoms with E-state index < -0.39 is 0 Å². The van der Waals surface area contributed by atoms with Crippen molar-refractivity contribution in [3.63, 3.8) is 0 Å². The molecule has 2 aromatic carbocycles. The highest BCUT2D eigenvalue weighted by atomic mass is 35.5. The van der Waals surface area contributed by atoms with Crippen LogP contribution in [0.25, 0.3) is 0 Å². The Balaban J connectivity index is 1.36. The third kappa shape index (κ3) is 4.94. The van der Waals surface area contributed by atoms with Crippen LogP contribution in [0.3, 0.4) is 0 Å². The summed E-state index contributed by atoms with van der Waals surface area (Å²) in [5.74, 6) is 0.777. The van der Waals surface area contributed by atoms with Crippen LogP contribution < -0.4 is 21.1 Å². The maximum absolute atomic E-state index is 5.95. The van der Waals surface area contributed by atoms with Gasteiger partial charge in [-0.25, -0.2) is 0 Å². The van der Waals surface area contributed by atoms with Gasteiger partial charge in [0.2, 0.25) is 0 Å². The van der Waals surface area contributed by atoms with E-state index in [0.29, 0.717) is 18.0 Å². The summed E-state index contributed by atoms with van der Waals surface area (Å²) in [6.45, 7) is 5.93. The van der Waals surface area contributed by atoms with Crippen molar-refractivity contribution in [2.75, 3.05) is 55.7 Å². The van der Waals surface area contributed by atoms with Crippen molar-refractivity contribution in [1.29, 1.82) is 0 Å². The summed E-state index contributed by atoms with van der Waals surface area (Å²) >= 11 is 5.95. The molecule has 0 spiro atoms. The van der Waals surface area contributed by atoms with E-state index in [1.54, 1.807) is 12.1 Å². The molecule has 0 aliphatic carbocycles. The summed E-state index contributed by atoms with van der Waals surface area (Å²) in [4.78, 5) is 4.88. The molecule has 0 radical (unpaired) electrons. The van der Waals surface area contributed by atoms with Gasteiger partial charge in [0.1, 0.15) is 5.75 Å². The van der Waals surface area contributed by atoms with Crippen molar-refractivity contribution in [2.45, 2.75) is 6.42 Å². The Kier molecular flexibility index (Phi) is 5.89. The number of nitrogens with zero attached hydrogens (tertiary/aromatic N) is 2. The minimum absolute atomic E-state index is 0.566. The quantitative estimate of drug-likeness (QED) is 0.612. The summed E-state index contributed by atoms with van der Waals surface area (Å²) in [6.07, 6.45) is 0.991. The second-order valence-corrected chi connectivity index (χ2v) is 6.73. The molecule has 1 saturated heterocycles. The average molecular weight is 361 g/mol. The third-order valence-corrected chi connectivity index (χ3v) is 4.76. The molecule has 5 nitrogen and oxygen atoms in total. The number of piperazine rings is 1. The maximum atomic E-state index is 5.95. The highest BCUT2D eigenvalue weighted by Crippen LogP contribution is 2.22. The number of benzene rings is 2. The van der Waals surface area contributed by atoms with Crippen LogP contribution in [0.5, 0.6) is 5.75 Å². The lowest BCUT2D eigenvalue weighted by Gasteiger charge is -2.36. The first-order valence-corrected chi connectivity index (χ1v) is 9.00. The second-order valence-electron chi connectivity index (χ2n) is 6.30. The van der Waals surface area contributed by atoms with Gasteiger partial charge in [0.05, 0.1) is 18.0 Å². The lowest BCUT2D eigenvalue weighted by molar-refractivity contribution is 0.225. The molecule has 25 heavy (non-hydrogen) atoms. The molecule has 0 amide bonds. The van der Waals surface area contributed by atoms with E-state index in [2.05, 4.69) is 21.9 Å². The van der Waals surface area contributed by atoms with Gasteiger partial charge in [-0.05, 0) is 42.8 Å². The first-order valence-electron chi connectivity index (χ1n) is 8.62. The molecule has 6 heteroatoms. The fourth-order valence-electron chi connectivity index (χ4n) is 3.00. The highest BCUT2D eigenvalue weighted by Gasteiger charge is 2.16. The Hall–Kier alpha value is -2.11. The molecule has 0 aromatic heterocycles. The minimum atomic E-state index is 0.566. The summed E-state index contributed by atoms with van der Waals surface area (Å²) in [6, 6.07) is 13.5. The highest BCUT2D eigenvalue weighted by molar-refractivity contribution is 6.30. The summed E-state index contributed by atoms with van der Waals surface area (Å²) in [5, 5.41) is 0.783. The van der Waals surface area contributed by atoms with Gasteiger partial charge >= 0.3 is 0 Å². The molecule has 0 atom stereocenters. The first kappa shape index (κ1) is 17.7. The van der Waals surface area contributed by atoms with Crippen molar-refractivity contribution in [1.82, 2.24) is 4.90 Å². The lowest BCUT2D eigenvalue weighted by Crippen LogP contribution is -2.46. The number of nitrogen functional groups attached to an aromatic ring is 2. The summed E-state index contributed by atoms with van der Waals surface area (Å²) in [5.41, 5.74) is 13.9. The van der Waals surface area contributed by atoms with Gasteiger partial charge in [-0.2, -0.15) is 0 Å². The van der Waals surface area contributed by atoms with Crippen LogP contribution in [0, 0.1) is 0 Å². The van der Waals surface area contributed by atoms with E-state index in [9.17, 15) is 0 Å². The molecule has 3 rings (SSSR count). The van der Waals surface area contributed by atoms with Crippen LogP contribution in [0.1, 0.15) is 6.42 Å². The van der Waals surface area contributed by atoms with E-state index in [1.807, 2.05) is 18.2 Å². The summed E-state index contributed by atoms with van der Waals surface area (Å²) in [7, 11) is 0. The Labute approximate surface area is 154 Å². The van der Waals surface area contributed by atoms with Crippen molar-refractivity contribution >= 4 is 28.7 Å². The normalized spacial score (nSPS) is 15.3. The number of rotatable bonds is 6. The van der Waals surface area contributed by atoms with Gasteiger partial charge in [0.25, 0.3) is 0 Å². The molecule has 134 valence electrons. The second kappa shape index (κ2) is 8.32. The van der Waals surface area contributed by atoms with Gasteiger partial charge in [0, 0.05) is 49.5 Å². The molecule has 0 unspecified atom stereocenters. The Bertz CT molecular complexity index is 684. The van der Waals surface area contributed by atoms with E-state index in [-0.39, 0.29) is 0 Å². The zero-order chi connectivity index (χ0) is 17.6. The molecular formula is C19H25ClN4O. The summed E-state index contributed by atoms with van der Waals surface area (Å²) < 4.78 is 5.75. The average Bonchev–Trinajstić information content (AvgIpc) is 2.63. The van der Waals surface area contributed by atoms with Gasteiger partial charge in [-0.3, -0.25) is 4.90 Å². The number of hydrogen-bond donors (Lipinski definition) is 2. The lowest BCUT2D eigenvalue weighted by atomic mass is 10.2. The Morgan fingerprint density at radius 1 is 0.920 bits per heavy atom. The number of nitrogens with two attached hydrogens (primary N) is 2. The van der Waals surface area contributed by atoms with Crippen molar-refractivity contribution < 1.29 is 4.74 Å². The van der Waals surface area contributed by atoms with Crippen LogP contribution in [-0.4, -0.2) is 44.2 Å². The van der Waals surface area contributed by atoms with Gasteiger partial charge in [0.15, 0.2) is 0 Å². The smallest absolute Gasteiger partial charge is 0.121 e. The number of ether oxygens (including phenoxy) is 1. The van der Waals surface area contributed by atoms with Crippen LogP contribution in [-0.2, 0) is 0 Å². The fourth-order valence-corrected chi connectivity index (χ4v) is 3.13. The van der Waals surface area contributed by atoms with E-state index in [1.165, 1.54) is 5.69 Å². The number of halogens is 1. The van der Waals surface area contributed by atoms with Crippen molar-refractivity contribution in [3.8, 4) is 5.75 Å². The van der Waals surface area contributed by atoms with E-state index in [0.717, 1.165) is 49.9 Å². The minimum Gasteiger partial charge on any atom is -0.493 e. The fraction of sp³-hybridized carbons (Fsp3) is 0.368. The molecule has 1 aliphatic heterocycles. The molecule has 0 bridgehead atoms. The Morgan fingerprint density at radius 3 is 2.32 bits per heavy atom. The van der Waals surface area contributed by atoms with Crippen LogP contribution >= 0.6 is 11.6 Å². The zero-order valence-electron chi connectivity index (χ0n) is 14.3. The van der Waals surface area contributed by atoms with Gasteiger partial charge in [-0.15, -0.1) is 0 Å². The number of hydrogen-bond acceptors (Lipinski definition) is 5. The van der Waals surface area contributed by atoms with Crippen LogP contribution in [0.2, 0.25) is 5.02 Å². The zero-order valence-corrected chi connectivity index (χ0v) is 15.1. The van der Waals surface area contributed by atoms with Gasteiger partial charge < -0.3 is 21.1 Å². The predicted octanol–water partition coefficient (Wildman–Crippen LogP) is 3.10. The first-order chi connectivity index (χ1) is 12.1. The third-order valence-electron chi connectivity index (χ3n) is 4.51. The molecule has 4 N–H and O–H groups in total. The molecule has 0 saturated carbocycles. The van der Waals surface area contributed by atoms with Crippen LogP contribution in [0.15, 0.2) is 42.5 Å². The molecular weight excluding hydrogens is 336 g/mol. The monoisotopic (exact) mass is 360 g/mol. The predicted molar refractivity (Wildman–Crippen MR) is 105 cm³/mol. The maximum Gasteiger partial charge on any atom is 0.121 e. The van der Waals surface area contributed by atoms with Crippen molar-refractivity contribution in [2.24, 2.45) is 0 Å². The molecule has 1 fully saturated rings. The standard InChI is InChI=1S/C19H25ClN4O/c20-15-2-4-16(5-3-15)24-11-9-23(10-12-24)8-1-13-25-17-6-7-18(21)19(22)14-17/h2-7,14H,1,8-13,21-22H2. The van der Waals surface area contributed by atoms with E-state index in [4.69, 9.17) is 27.8 Å². The SMILES string of the molecule is Nc1ccc(OCCCN2CCN(c3ccc(Cl)cc3)CC2)cc1N.